The van der Waals surface area contributed by atoms with Gasteiger partial charge in [-0.25, -0.2) is 0 Å². The molecule has 3 heteroatoms. The van der Waals surface area contributed by atoms with Crippen molar-refractivity contribution in [2.75, 3.05) is 5.75 Å². The maximum Gasteiger partial charge on any atom is 0.0268 e. The first kappa shape index (κ1) is 9.59. The van der Waals surface area contributed by atoms with Crippen LogP contribution in [-0.4, -0.2) is 11.8 Å². The van der Waals surface area contributed by atoms with Crippen molar-refractivity contribution < 1.29 is 0 Å². The van der Waals surface area contributed by atoms with Gasteiger partial charge in [-0.2, -0.15) is 12.6 Å². The zero-order valence-corrected chi connectivity index (χ0v) is 6.85. The monoisotopic (exact) mass is 158 g/mol. The minimum atomic E-state index is 0.0989. The minimum absolute atomic E-state index is 0.0989. The molecule has 0 aromatic heterocycles. The molecule has 0 aliphatic rings. The van der Waals surface area contributed by atoms with Crippen LogP contribution in [0.1, 0.15) is 6.42 Å². The van der Waals surface area contributed by atoms with E-state index in [1.165, 1.54) is 0 Å². The Bertz CT molecular complexity index is 132. The fourth-order valence-corrected chi connectivity index (χ4v) is 0.594. The fraction of sp³-hybridized carbons (Fsp3) is 0.429. The lowest BCUT2D eigenvalue weighted by atomic mass is 10.2. The summed E-state index contributed by atoms with van der Waals surface area (Å²) in [7, 11) is 0. The Morgan fingerprint density at radius 3 is 2.70 bits per heavy atom. The summed E-state index contributed by atoms with van der Waals surface area (Å²) in [6.45, 7) is 3.51. The minimum Gasteiger partial charge on any atom is -0.399 e. The Labute approximate surface area is 67.4 Å². The molecule has 58 valence electrons. The first-order valence-corrected chi connectivity index (χ1v) is 3.78. The lowest BCUT2D eigenvalue weighted by Crippen LogP contribution is -2.20. The molecule has 0 spiro atoms. The van der Waals surface area contributed by atoms with Crippen molar-refractivity contribution in [3.63, 3.8) is 0 Å². The highest BCUT2D eigenvalue weighted by Crippen LogP contribution is 1.95. The molecule has 0 aliphatic carbocycles. The SMILES string of the molecule is C=C/C(N)=C\CC(N)CS. The van der Waals surface area contributed by atoms with Gasteiger partial charge in [0.1, 0.15) is 0 Å². The Morgan fingerprint density at radius 2 is 2.30 bits per heavy atom. The molecule has 0 aliphatic heterocycles. The van der Waals surface area contributed by atoms with E-state index in [9.17, 15) is 0 Å². The molecule has 0 aromatic rings. The summed E-state index contributed by atoms with van der Waals surface area (Å²) in [5.41, 5.74) is 11.7. The molecule has 4 N–H and O–H groups in total. The number of allylic oxidation sites excluding steroid dienone is 1. The molecule has 0 amide bonds. The molecule has 1 atom stereocenters. The van der Waals surface area contributed by atoms with E-state index in [0.717, 1.165) is 6.42 Å². The Morgan fingerprint density at radius 1 is 1.70 bits per heavy atom. The van der Waals surface area contributed by atoms with Crippen molar-refractivity contribution in [2.24, 2.45) is 11.5 Å². The molecule has 0 saturated carbocycles. The van der Waals surface area contributed by atoms with Crippen LogP contribution < -0.4 is 11.5 Å². The van der Waals surface area contributed by atoms with Crippen LogP contribution in [0, 0.1) is 0 Å². The van der Waals surface area contributed by atoms with E-state index in [-0.39, 0.29) is 6.04 Å². The lowest BCUT2D eigenvalue weighted by molar-refractivity contribution is 0.767. The molecule has 10 heavy (non-hydrogen) atoms. The van der Waals surface area contributed by atoms with Gasteiger partial charge in [0, 0.05) is 17.5 Å². The van der Waals surface area contributed by atoms with Crippen LogP contribution in [0.15, 0.2) is 24.4 Å². The van der Waals surface area contributed by atoms with Gasteiger partial charge < -0.3 is 11.5 Å². The van der Waals surface area contributed by atoms with Gasteiger partial charge in [0.05, 0.1) is 0 Å². The fourth-order valence-electron chi connectivity index (χ4n) is 0.445. The van der Waals surface area contributed by atoms with Gasteiger partial charge in [-0.3, -0.25) is 0 Å². The van der Waals surface area contributed by atoms with E-state index in [1.54, 1.807) is 6.08 Å². The van der Waals surface area contributed by atoms with E-state index >= 15 is 0 Å². The van der Waals surface area contributed by atoms with Crippen LogP contribution in [0.25, 0.3) is 0 Å². The van der Waals surface area contributed by atoms with Gasteiger partial charge in [0.15, 0.2) is 0 Å². The molecular weight excluding hydrogens is 144 g/mol. The number of rotatable bonds is 4. The molecule has 1 unspecified atom stereocenters. The van der Waals surface area contributed by atoms with E-state index in [2.05, 4.69) is 19.2 Å². The first-order chi connectivity index (χ1) is 4.70. The summed E-state index contributed by atoms with van der Waals surface area (Å²) >= 11 is 4.03. The molecule has 0 bridgehead atoms. The van der Waals surface area contributed by atoms with E-state index in [4.69, 9.17) is 11.5 Å². The maximum atomic E-state index is 5.57. The summed E-state index contributed by atoms with van der Waals surface area (Å²) in [6, 6.07) is 0.0989. The van der Waals surface area contributed by atoms with Crippen molar-refractivity contribution >= 4 is 12.6 Å². The molecule has 0 saturated heterocycles. The Hall–Kier alpha value is -0.410. The average Bonchev–Trinajstić information content (AvgIpc) is 1.99. The van der Waals surface area contributed by atoms with Gasteiger partial charge in [-0.15, -0.1) is 0 Å². The summed E-state index contributed by atoms with van der Waals surface area (Å²) < 4.78 is 0. The standard InChI is InChI=1S/C7H14N2S/c1-2-6(8)3-4-7(9)5-10/h2-3,7,10H,1,4-5,8-9H2/b6-3+. The smallest absolute Gasteiger partial charge is 0.0268 e. The van der Waals surface area contributed by atoms with Crippen LogP contribution in [0.2, 0.25) is 0 Å². The molecule has 0 heterocycles. The highest BCUT2D eigenvalue weighted by molar-refractivity contribution is 7.80. The Kier molecular flexibility index (Phi) is 5.16. The molecule has 0 rings (SSSR count). The molecule has 2 nitrogen and oxygen atoms in total. The largest absolute Gasteiger partial charge is 0.399 e. The first-order valence-electron chi connectivity index (χ1n) is 3.15. The van der Waals surface area contributed by atoms with Crippen molar-refractivity contribution in [3.8, 4) is 0 Å². The van der Waals surface area contributed by atoms with E-state index < -0.39 is 0 Å². The molecular formula is C7H14N2S. The topological polar surface area (TPSA) is 52.0 Å². The number of thiol groups is 1. The van der Waals surface area contributed by atoms with Crippen molar-refractivity contribution in [3.05, 3.63) is 24.4 Å². The average molecular weight is 158 g/mol. The van der Waals surface area contributed by atoms with Crippen molar-refractivity contribution in [1.82, 2.24) is 0 Å². The van der Waals surface area contributed by atoms with Gasteiger partial charge in [-0.05, 0) is 12.5 Å². The second kappa shape index (κ2) is 5.38. The van der Waals surface area contributed by atoms with Crippen LogP contribution in [0.3, 0.4) is 0 Å². The van der Waals surface area contributed by atoms with Gasteiger partial charge >= 0.3 is 0 Å². The quantitative estimate of drug-likeness (QED) is 0.416. The summed E-state index contributed by atoms with van der Waals surface area (Å²) in [4.78, 5) is 0. The highest BCUT2D eigenvalue weighted by atomic mass is 32.1. The third kappa shape index (κ3) is 4.47. The second-order valence-electron chi connectivity index (χ2n) is 2.09. The molecule has 0 aromatic carbocycles. The summed E-state index contributed by atoms with van der Waals surface area (Å²) in [5, 5.41) is 0. The maximum absolute atomic E-state index is 5.57. The van der Waals surface area contributed by atoms with Gasteiger partial charge in [0.25, 0.3) is 0 Å². The van der Waals surface area contributed by atoms with Crippen LogP contribution in [0.5, 0.6) is 0 Å². The van der Waals surface area contributed by atoms with Gasteiger partial charge in [0.2, 0.25) is 0 Å². The van der Waals surface area contributed by atoms with Crippen LogP contribution >= 0.6 is 12.6 Å². The van der Waals surface area contributed by atoms with E-state index in [1.807, 2.05) is 6.08 Å². The van der Waals surface area contributed by atoms with Crippen molar-refractivity contribution in [2.45, 2.75) is 12.5 Å². The molecule has 0 fully saturated rings. The van der Waals surface area contributed by atoms with E-state index in [0.29, 0.717) is 11.4 Å². The number of hydrogen-bond donors (Lipinski definition) is 3. The van der Waals surface area contributed by atoms with Crippen molar-refractivity contribution in [1.29, 1.82) is 0 Å². The highest BCUT2D eigenvalue weighted by Gasteiger charge is 1.94. The molecule has 0 radical (unpaired) electrons. The zero-order chi connectivity index (χ0) is 7.98. The zero-order valence-electron chi connectivity index (χ0n) is 5.96. The lowest BCUT2D eigenvalue weighted by Gasteiger charge is -2.02. The Balaban J connectivity index is 3.60. The summed E-state index contributed by atoms with van der Waals surface area (Å²) in [6.07, 6.45) is 4.22. The summed E-state index contributed by atoms with van der Waals surface area (Å²) in [5.74, 6) is 0.681. The second-order valence-corrected chi connectivity index (χ2v) is 2.45. The van der Waals surface area contributed by atoms with Crippen LogP contribution in [-0.2, 0) is 0 Å². The predicted molar refractivity (Wildman–Crippen MR) is 48.9 cm³/mol. The predicted octanol–water partition coefficient (Wildman–Crippen LogP) is 0.662. The number of hydrogen-bond acceptors (Lipinski definition) is 3. The third-order valence-electron chi connectivity index (χ3n) is 1.13. The third-order valence-corrected chi connectivity index (χ3v) is 1.60. The normalized spacial score (nSPS) is 14.8. The number of nitrogens with two attached hydrogens (primary N) is 2. The van der Waals surface area contributed by atoms with Gasteiger partial charge in [-0.1, -0.05) is 12.7 Å². The van der Waals surface area contributed by atoms with Crippen LogP contribution in [0.4, 0.5) is 0 Å².